The van der Waals surface area contributed by atoms with E-state index in [1.807, 2.05) is 25.1 Å². The van der Waals surface area contributed by atoms with Crippen molar-refractivity contribution in [3.8, 4) is 0 Å². The largest absolute Gasteiger partial charge is 0.324 e. The second-order valence-electron chi connectivity index (χ2n) is 2.43. The third-order valence-electron chi connectivity index (χ3n) is 1.47. The molecule has 0 amide bonds. The molecule has 60 valence electrons. The van der Waals surface area contributed by atoms with Crippen molar-refractivity contribution in [3.63, 3.8) is 0 Å². The highest BCUT2D eigenvalue weighted by Crippen LogP contribution is 2.29. The molecular formula is C8H9Br2N. The molecule has 0 unspecified atom stereocenters. The van der Waals surface area contributed by atoms with Gasteiger partial charge in [0.15, 0.2) is 0 Å². The molecule has 0 aliphatic rings. The van der Waals surface area contributed by atoms with E-state index in [4.69, 9.17) is 5.73 Å². The summed E-state index contributed by atoms with van der Waals surface area (Å²) < 4.78 is 2.10. The van der Waals surface area contributed by atoms with Crippen LogP contribution in [-0.2, 0) is 0 Å². The molecule has 3 heteroatoms. The van der Waals surface area contributed by atoms with Gasteiger partial charge in [-0.25, -0.2) is 0 Å². The van der Waals surface area contributed by atoms with Crippen LogP contribution in [0.15, 0.2) is 27.1 Å². The van der Waals surface area contributed by atoms with E-state index < -0.39 is 0 Å². The molecular weight excluding hydrogens is 270 g/mol. The van der Waals surface area contributed by atoms with Gasteiger partial charge >= 0.3 is 0 Å². The second kappa shape index (κ2) is 3.70. The first-order valence-electron chi connectivity index (χ1n) is 3.32. The van der Waals surface area contributed by atoms with E-state index in [1.54, 1.807) is 0 Å². The van der Waals surface area contributed by atoms with Gasteiger partial charge in [-0.2, -0.15) is 0 Å². The summed E-state index contributed by atoms with van der Waals surface area (Å²) in [6, 6.07) is 6.05. The van der Waals surface area contributed by atoms with Crippen LogP contribution in [0, 0.1) is 0 Å². The van der Waals surface area contributed by atoms with Gasteiger partial charge in [-0.05, 0) is 50.4 Å². The summed E-state index contributed by atoms with van der Waals surface area (Å²) in [5.41, 5.74) is 6.86. The highest BCUT2D eigenvalue weighted by Gasteiger charge is 2.05. The molecule has 11 heavy (non-hydrogen) atoms. The minimum absolute atomic E-state index is 0.0712. The van der Waals surface area contributed by atoms with Crippen LogP contribution in [0.1, 0.15) is 18.5 Å². The van der Waals surface area contributed by atoms with Crippen molar-refractivity contribution in [1.82, 2.24) is 0 Å². The maximum absolute atomic E-state index is 5.73. The summed E-state index contributed by atoms with van der Waals surface area (Å²) in [6.07, 6.45) is 0. The molecule has 0 aliphatic heterocycles. The zero-order valence-electron chi connectivity index (χ0n) is 6.14. The van der Waals surface area contributed by atoms with E-state index in [-0.39, 0.29) is 6.04 Å². The monoisotopic (exact) mass is 277 g/mol. The van der Waals surface area contributed by atoms with Crippen molar-refractivity contribution in [2.24, 2.45) is 5.73 Å². The topological polar surface area (TPSA) is 26.0 Å². The van der Waals surface area contributed by atoms with Crippen LogP contribution >= 0.6 is 31.9 Å². The Labute approximate surface area is 83.2 Å². The van der Waals surface area contributed by atoms with Crippen LogP contribution in [0.4, 0.5) is 0 Å². The summed E-state index contributed by atoms with van der Waals surface area (Å²) in [5, 5.41) is 0. The lowest BCUT2D eigenvalue weighted by molar-refractivity contribution is 0.812. The van der Waals surface area contributed by atoms with Crippen molar-refractivity contribution in [1.29, 1.82) is 0 Å². The molecule has 1 atom stereocenters. The van der Waals surface area contributed by atoms with Crippen LogP contribution in [0.5, 0.6) is 0 Å². The molecule has 0 saturated heterocycles. The number of benzene rings is 1. The lowest BCUT2D eigenvalue weighted by Crippen LogP contribution is -2.05. The fourth-order valence-electron chi connectivity index (χ4n) is 0.872. The summed E-state index contributed by atoms with van der Waals surface area (Å²) in [7, 11) is 0. The first-order valence-corrected chi connectivity index (χ1v) is 4.91. The maximum atomic E-state index is 5.73. The van der Waals surface area contributed by atoms with Gasteiger partial charge in [-0.1, -0.05) is 12.1 Å². The average Bonchev–Trinajstić information content (AvgIpc) is 1.94. The van der Waals surface area contributed by atoms with E-state index in [1.165, 1.54) is 0 Å². The Hall–Kier alpha value is 0.140. The van der Waals surface area contributed by atoms with E-state index in [0.29, 0.717) is 0 Å². The van der Waals surface area contributed by atoms with Gasteiger partial charge in [-0.3, -0.25) is 0 Å². The third-order valence-corrected chi connectivity index (χ3v) is 3.55. The fraction of sp³-hybridized carbons (Fsp3) is 0.250. The third kappa shape index (κ3) is 2.04. The summed E-state index contributed by atoms with van der Waals surface area (Å²) in [4.78, 5) is 0. The Kier molecular flexibility index (Phi) is 3.10. The molecule has 0 heterocycles. The smallest absolute Gasteiger partial charge is 0.0365 e. The van der Waals surface area contributed by atoms with Gasteiger partial charge < -0.3 is 5.73 Å². The van der Waals surface area contributed by atoms with Gasteiger partial charge in [0.05, 0.1) is 0 Å². The minimum atomic E-state index is 0.0712. The van der Waals surface area contributed by atoms with Crippen molar-refractivity contribution in [2.75, 3.05) is 0 Å². The minimum Gasteiger partial charge on any atom is -0.324 e. The van der Waals surface area contributed by atoms with Crippen LogP contribution in [0.25, 0.3) is 0 Å². The van der Waals surface area contributed by atoms with E-state index in [2.05, 4.69) is 31.9 Å². The van der Waals surface area contributed by atoms with Crippen LogP contribution < -0.4 is 5.73 Å². The lowest BCUT2D eigenvalue weighted by atomic mass is 10.1. The molecule has 0 aromatic heterocycles. The van der Waals surface area contributed by atoms with E-state index in [9.17, 15) is 0 Å². The lowest BCUT2D eigenvalue weighted by Gasteiger charge is -2.08. The Bertz CT molecular complexity index is 258. The van der Waals surface area contributed by atoms with Crippen molar-refractivity contribution < 1.29 is 0 Å². The standard InChI is InChI=1S/C8H9Br2N/c1-5(11)6-3-2-4-7(9)8(6)10/h2-5H,11H2,1H3/t5-/m0/s1. The summed E-state index contributed by atoms with van der Waals surface area (Å²) >= 11 is 6.87. The Morgan fingerprint density at radius 3 is 2.45 bits per heavy atom. The Balaban J connectivity index is 3.17. The van der Waals surface area contributed by atoms with E-state index in [0.717, 1.165) is 14.5 Å². The van der Waals surface area contributed by atoms with E-state index >= 15 is 0 Å². The van der Waals surface area contributed by atoms with Crippen molar-refractivity contribution in [3.05, 3.63) is 32.7 Å². The Morgan fingerprint density at radius 1 is 1.36 bits per heavy atom. The zero-order chi connectivity index (χ0) is 8.43. The molecule has 1 aromatic rings. The highest BCUT2D eigenvalue weighted by atomic mass is 79.9. The molecule has 1 rings (SSSR count). The SMILES string of the molecule is C[C@H](N)c1cccc(Br)c1Br. The molecule has 0 aliphatic carbocycles. The first kappa shape index (κ1) is 9.23. The number of hydrogen-bond acceptors (Lipinski definition) is 1. The molecule has 1 nitrogen and oxygen atoms in total. The predicted octanol–water partition coefficient (Wildman–Crippen LogP) is 3.23. The van der Waals surface area contributed by atoms with Gasteiger partial charge in [0, 0.05) is 15.0 Å². The van der Waals surface area contributed by atoms with Gasteiger partial charge in [0.2, 0.25) is 0 Å². The normalized spacial score (nSPS) is 13.1. The molecule has 0 fully saturated rings. The second-order valence-corrected chi connectivity index (χ2v) is 4.08. The fourth-order valence-corrected chi connectivity index (χ4v) is 1.88. The molecule has 0 saturated carbocycles. The zero-order valence-corrected chi connectivity index (χ0v) is 9.31. The van der Waals surface area contributed by atoms with Crippen molar-refractivity contribution >= 4 is 31.9 Å². The van der Waals surface area contributed by atoms with Crippen molar-refractivity contribution in [2.45, 2.75) is 13.0 Å². The quantitative estimate of drug-likeness (QED) is 0.839. The number of nitrogens with two attached hydrogens (primary N) is 1. The average molecular weight is 279 g/mol. The van der Waals surface area contributed by atoms with Crippen LogP contribution in [0.2, 0.25) is 0 Å². The summed E-state index contributed by atoms with van der Waals surface area (Å²) in [5.74, 6) is 0. The number of hydrogen-bond donors (Lipinski definition) is 1. The molecule has 0 bridgehead atoms. The molecule has 0 spiro atoms. The van der Waals surface area contributed by atoms with Crippen LogP contribution in [-0.4, -0.2) is 0 Å². The predicted molar refractivity (Wildman–Crippen MR) is 54.4 cm³/mol. The number of halogens is 2. The summed E-state index contributed by atoms with van der Waals surface area (Å²) in [6.45, 7) is 1.96. The number of rotatable bonds is 1. The molecule has 1 aromatic carbocycles. The van der Waals surface area contributed by atoms with Crippen LogP contribution in [0.3, 0.4) is 0 Å². The molecule has 0 radical (unpaired) electrons. The van der Waals surface area contributed by atoms with Gasteiger partial charge in [0.25, 0.3) is 0 Å². The molecule has 2 N–H and O–H groups in total. The van der Waals surface area contributed by atoms with Gasteiger partial charge in [-0.15, -0.1) is 0 Å². The first-order chi connectivity index (χ1) is 5.13. The van der Waals surface area contributed by atoms with Gasteiger partial charge in [0.1, 0.15) is 0 Å². The Morgan fingerprint density at radius 2 is 2.00 bits per heavy atom. The highest BCUT2D eigenvalue weighted by molar-refractivity contribution is 9.13. The maximum Gasteiger partial charge on any atom is 0.0365 e.